The molecular formula is C12H8N4OS. The number of aromatic nitrogens is 3. The van der Waals surface area contributed by atoms with E-state index in [4.69, 9.17) is 9.78 Å². The monoisotopic (exact) mass is 256 g/mol. The van der Waals surface area contributed by atoms with Gasteiger partial charge in [-0.15, -0.1) is 0 Å². The van der Waals surface area contributed by atoms with Gasteiger partial charge in [0.15, 0.2) is 0 Å². The van der Waals surface area contributed by atoms with E-state index in [1.807, 2.05) is 23.8 Å². The summed E-state index contributed by atoms with van der Waals surface area (Å²) in [6.45, 7) is 2.01. The summed E-state index contributed by atoms with van der Waals surface area (Å²) in [5.41, 5.74) is 3.29. The minimum atomic E-state index is 0.411. The van der Waals surface area contributed by atoms with Gasteiger partial charge in [0, 0.05) is 17.1 Å². The Balaban J connectivity index is 1.99. The van der Waals surface area contributed by atoms with Crippen LogP contribution < -0.4 is 0 Å². The van der Waals surface area contributed by atoms with Gasteiger partial charge in [0.25, 0.3) is 5.89 Å². The van der Waals surface area contributed by atoms with Gasteiger partial charge in [-0.05, 0) is 23.9 Å². The zero-order chi connectivity index (χ0) is 12.5. The minimum absolute atomic E-state index is 0.411. The molecule has 18 heavy (non-hydrogen) atoms. The summed E-state index contributed by atoms with van der Waals surface area (Å²) in [4.78, 5) is 7.15. The summed E-state index contributed by atoms with van der Waals surface area (Å²) in [7, 11) is 0. The number of hydrogen-bond acceptors (Lipinski definition) is 5. The highest BCUT2D eigenvalue weighted by atomic mass is 32.1. The molecule has 0 radical (unpaired) electrons. The van der Waals surface area contributed by atoms with E-state index in [9.17, 15) is 0 Å². The van der Waals surface area contributed by atoms with Crippen LogP contribution in [0.5, 0.6) is 0 Å². The van der Waals surface area contributed by atoms with Crippen LogP contribution in [0, 0.1) is 18.3 Å². The highest BCUT2D eigenvalue weighted by molar-refractivity contribution is 7.08. The van der Waals surface area contributed by atoms with E-state index >= 15 is 0 Å². The number of nitrogens with one attached hydrogen (secondary N) is 1. The zero-order valence-electron chi connectivity index (χ0n) is 9.47. The van der Waals surface area contributed by atoms with Gasteiger partial charge in [0.1, 0.15) is 11.8 Å². The Kier molecular flexibility index (Phi) is 2.46. The minimum Gasteiger partial charge on any atom is -0.352 e. The highest BCUT2D eigenvalue weighted by Gasteiger charge is 2.13. The molecule has 88 valence electrons. The highest BCUT2D eigenvalue weighted by Crippen LogP contribution is 2.27. The molecule has 0 aromatic carbocycles. The summed E-state index contributed by atoms with van der Waals surface area (Å²) < 4.78 is 5.20. The van der Waals surface area contributed by atoms with Crippen LogP contribution in [0.15, 0.2) is 27.5 Å². The fourth-order valence-electron chi connectivity index (χ4n) is 1.62. The Bertz CT molecular complexity index is 731. The number of thiophene rings is 1. The summed E-state index contributed by atoms with van der Waals surface area (Å²) >= 11 is 1.60. The van der Waals surface area contributed by atoms with E-state index in [1.165, 1.54) is 0 Å². The Hall–Kier alpha value is -2.39. The molecule has 3 aromatic rings. The van der Waals surface area contributed by atoms with Crippen molar-refractivity contribution in [2.24, 2.45) is 0 Å². The molecule has 0 saturated heterocycles. The van der Waals surface area contributed by atoms with Crippen molar-refractivity contribution in [2.75, 3.05) is 0 Å². The van der Waals surface area contributed by atoms with Crippen LogP contribution in [0.25, 0.3) is 22.8 Å². The lowest BCUT2D eigenvalue weighted by atomic mass is 10.2. The standard InChI is InChI=1S/C12H8N4OS/c1-7-5-18-6-10(7)11-15-12(17-16-11)8-2-9(3-13)14-4-8/h2,4-6,14H,1H3. The van der Waals surface area contributed by atoms with Crippen molar-refractivity contribution in [1.29, 1.82) is 5.26 Å². The maximum atomic E-state index is 8.74. The number of hydrogen-bond donors (Lipinski definition) is 1. The van der Waals surface area contributed by atoms with E-state index in [2.05, 4.69) is 15.1 Å². The van der Waals surface area contributed by atoms with E-state index < -0.39 is 0 Å². The van der Waals surface area contributed by atoms with Gasteiger partial charge in [-0.2, -0.15) is 21.6 Å². The van der Waals surface area contributed by atoms with Crippen LogP contribution in [0.2, 0.25) is 0 Å². The van der Waals surface area contributed by atoms with Gasteiger partial charge < -0.3 is 9.51 Å². The first-order valence-corrected chi connectivity index (χ1v) is 6.18. The molecule has 0 saturated carbocycles. The molecule has 0 fully saturated rings. The van der Waals surface area contributed by atoms with Gasteiger partial charge in [0.05, 0.1) is 5.56 Å². The summed E-state index contributed by atoms with van der Waals surface area (Å²) in [5, 5.41) is 16.7. The lowest BCUT2D eigenvalue weighted by Crippen LogP contribution is -1.80. The van der Waals surface area contributed by atoms with Crippen LogP contribution in [0.4, 0.5) is 0 Å². The Morgan fingerprint density at radius 2 is 2.33 bits per heavy atom. The van der Waals surface area contributed by atoms with Crippen LogP contribution in [0.3, 0.4) is 0 Å². The van der Waals surface area contributed by atoms with Crippen molar-refractivity contribution in [3.05, 3.63) is 34.3 Å². The van der Waals surface area contributed by atoms with Crippen LogP contribution in [-0.2, 0) is 0 Å². The molecule has 0 aliphatic carbocycles. The largest absolute Gasteiger partial charge is 0.352 e. The zero-order valence-corrected chi connectivity index (χ0v) is 10.3. The predicted octanol–water partition coefficient (Wildman–Crippen LogP) is 2.97. The molecule has 0 unspecified atom stereocenters. The molecule has 3 heterocycles. The molecule has 3 aromatic heterocycles. The Morgan fingerprint density at radius 1 is 1.44 bits per heavy atom. The second-order valence-corrected chi connectivity index (χ2v) is 4.55. The molecule has 6 heteroatoms. The summed E-state index contributed by atoms with van der Waals surface area (Å²) in [5.74, 6) is 0.983. The molecule has 1 N–H and O–H groups in total. The normalized spacial score (nSPS) is 10.4. The van der Waals surface area contributed by atoms with Gasteiger partial charge in [-0.1, -0.05) is 5.16 Å². The smallest absolute Gasteiger partial charge is 0.259 e. The van der Waals surface area contributed by atoms with E-state index in [1.54, 1.807) is 23.6 Å². The molecule has 0 bridgehead atoms. The van der Waals surface area contributed by atoms with Crippen LogP contribution >= 0.6 is 11.3 Å². The average Bonchev–Trinajstić information content (AvgIpc) is 3.07. The molecular weight excluding hydrogens is 248 g/mol. The topological polar surface area (TPSA) is 78.5 Å². The molecule has 0 aliphatic heterocycles. The first kappa shape index (κ1) is 10.7. The van der Waals surface area contributed by atoms with Gasteiger partial charge >= 0.3 is 0 Å². The number of nitriles is 1. The lowest BCUT2D eigenvalue weighted by Gasteiger charge is -1.88. The van der Waals surface area contributed by atoms with Crippen LogP contribution in [0.1, 0.15) is 11.3 Å². The quantitative estimate of drug-likeness (QED) is 0.764. The maximum absolute atomic E-state index is 8.74. The second-order valence-electron chi connectivity index (χ2n) is 3.81. The maximum Gasteiger partial charge on any atom is 0.259 e. The first-order valence-electron chi connectivity index (χ1n) is 5.23. The van der Waals surface area contributed by atoms with Crippen molar-refractivity contribution < 1.29 is 4.52 Å². The third-order valence-electron chi connectivity index (χ3n) is 2.57. The Morgan fingerprint density at radius 3 is 3.00 bits per heavy atom. The predicted molar refractivity (Wildman–Crippen MR) is 66.8 cm³/mol. The molecule has 3 rings (SSSR count). The third kappa shape index (κ3) is 1.71. The van der Waals surface area contributed by atoms with Crippen molar-refractivity contribution in [3.63, 3.8) is 0 Å². The van der Waals surface area contributed by atoms with E-state index in [0.29, 0.717) is 17.4 Å². The number of rotatable bonds is 2. The summed E-state index contributed by atoms with van der Waals surface area (Å²) in [6, 6.07) is 3.70. The third-order valence-corrected chi connectivity index (χ3v) is 3.43. The molecule has 0 atom stereocenters. The fraction of sp³-hybridized carbons (Fsp3) is 0.0833. The van der Waals surface area contributed by atoms with Gasteiger partial charge in [0.2, 0.25) is 5.82 Å². The van der Waals surface area contributed by atoms with Gasteiger partial charge in [-0.25, -0.2) is 0 Å². The fourth-order valence-corrected chi connectivity index (χ4v) is 2.45. The number of aryl methyl sites for hydroxylation is 1. The van der Waals surface area contributed by atoms with E-state index in [0.717, 1.165) is 16.7 Å². The summed E-state index contributed by atoms with van der Waals surface area (Å²) in [6.07, 6.45) is 1.68. The van der Waals surface area contributed by atoms with E-state index in [-0.39, 0.29) is 0 Å². The molecule has 0 amide bonds. The van der Waals surface area contributed by atoms with Crippen molar-refractivity contribution >= 4 is 11.3 Å². The molecule has 5 nitrogen and oxygen atoms in total. The SMILES string of the molecule is Cc1cscc1-c1noc(-c2c[nH]c(C#N)c2)n1. The number of H-pyrrole nitrogens is 1. The average molecular weight is 256 g/mol. The van der Waals surface area contributed by atoms with Crippen molar-refractivity contribution in [1.82, 2.24) is 15.1 Å². The van der Waals surface area contributed by atoms with Crippen LogP contribution in [-0.4, -0.2) is 15.1 Å². The lowest BCUT2D eigenvalue weighted by molar-refractivity contribution is 0.432. The number of aromatic amines is 1. The van der Waals surface area contributed by atoms with Crippen molar-refractivity contribution in [2.45, 2.75) is 6.92 Å². The molecule has 0 spiro atoms. The van der Waals surface area contributed by atoms with Crippen molar-refractivity contribution in [3.8, 4) is 28.9 Å². The van der Waals surface area contributed by atoms with Gasteiger partial charge in [-0.3, -0.25) is 0 Å². The second kappa shape index (κ2) is 4.13. The Labute approximate surface area is 107 Å². The first-order chi connectivity index (χ1) is 8.78. The molecule has 0 aliphatic rings. The number of nitrogens with zero attached hydrogens (tertiary/aromatic N) is 3.